The molecule has 0 unspecified atom stereocenters. The lowest BCUT2D eigenvalue weighted by Gasteiger charge is -2.64. The third-order valence-corrected chi connectivity index (χ3v) is 6.13. The molecule has 3 heteroatoms. The molecule has 3 aliphatic carbocycles. The highest BCUT2D eigenvalue weighted by atomic mass is 16.5. The number of ether oxygens (including phenoxy) is 1. The first-order chi connectivity index (χ1) is 9.93. The Morgan fingerprint density at radius 1 is 1.05 bits per heavy atom. The molecule has 0 aromatic carbocycles. The predicted molar refractivity (Wildman–Crippen MR) is 85.1 cm³/mol. The molecule has 3 aliphatic rings. The van der Waals surface area contributed by atoms with Crippen LogP contribution >= 0.6 is 0 Å². The third kappa shape index (κ3) is 3.46. The molecule has 21 heavy (non-hydrogen) atoms. The van der Waals surface area contributed by atoms with Gasteiger partial charge in [0, 0.05) is 6.61 Å². The molecule has 3 fully saturated rings. The number of aliphatic hydroxyl groups is 2. The minimum absolute atomic E-state index is 0.150. The Balaban J connectivity index is 1.67. The highest BCUT2D eigenvalue weighted by Crippen LogP contribution is 2.62. The Morgan fingerprint density at radius 3 is 2.38 bits per heavy atom. The Hall–Kier alpha value is -0.120. The molecule has 0 saturated heterocycles. The molecule has 3 saturated carbocycles. The van der Waals surface area contributed by atoms with Crippen molar-refractivity contribution in [2.75, 3.05) is 13.2 Å². The van der Waals surface area contributed by atoms with Gasteiger partial charge >= 0.3 is 0 Å². The monoisotopic (exact) mass is 298 g/mol. The zero-order chi connectivity index (χ0) is 15.5. The number of hydrogen-bond donors (Lipinski definition) is 2. The van der Waals surface area contributed by atoms with Crippen LogP contribution < -0.4 is 0 Å². The van der Waals surface area contributed by atoms with Gasteiger partial charge in [0.15, 0.2) is 0 Å². The van der Waals surface area contributed by atoms with Crippen molar-refractivity contribution >= 4 is 0 Å². The van der Waals surface area contributed by atoms with Crippen LogP contribution in [-0.4, -0.2) is 35.1 Å². The summed E-state index contributed by atoms with van der Waals surface area (Å²) in [4.78, 5) is 0. The summed E-state index contributed by atoms with van der Waals surface area (Å²) in [5, 5.41) is 21.1. The molecule has 3 rings (SSSR count). The molecular weight excluding hydrogens is 264 g/mol. The first-order valence-electron chi connectivity index (χ1n) is 8.91. The van der Waals surface area contributed by atoms with Crippen molar-refractivity contribution in [1.82, 2.24) is 0 Å². The third-order valence-electron chi connectivity index (χ3n) is 6.13. The van der Waals surface area contributed by atoms with Crippen molar-refractivity contribution < 1.29 is 14.9 Å². The number of unbranched alkanes of at least 4 members (excludes halogenated alkanes) is 5. The van der Waals surface area contributed by atoms with E-state index in [1.54, 1.807) is 0 Å². The van der Waals surface area contributed by atoms with Crippen LogP contribution in [0.1, 0.15) is 72.1 Å². The minimum atomic E-state index is -1.03. The average molecular weight is 298 g/mol. The van der Waals surface area contributed by atoms with Crippen molar-refractivity contribution in [2.45, 2.75) is 83.8 Å². The van der Waals surface area contributed by atoms with Gasteiger partial charge < -0.3 is 14.9 Å². The number of fused-ring (bicyclic) bond motifs is 2. The van der Waals surface area contributed by atoms with Crippen molar-refractivity contribution in [3.63, 3.8) is 0 Å². The Kier molecular flexibility index (Phi) is 5.72. The van der Waals surface area contributed by atoms with Crippen LogP contribution in [0.4, 0.5) is 0 Å². The van der Waals surface area contributed by atoms with E-state index >= 15 is 0 Å². The van der Waals surface area contributed by atoms with E-state index in [1.807, 2.05) is 0 Å². The maximum absolute atomic E-state index is 10.9. The lowest BCUT2D eigenvalue weighted by atomic mass is 9.43. The fourth-order valence-electron chi connectivity index (χ4n) is 4.39. The molecule has 2 bridgehead atoms. The topological polar surface area (TPSA) is 49.7 Å². The molecule has 0 heterocycles. The minimum Gasteiger partial charge on any atom is -0.390 e. The summed E-state index contributed by atoms with van der Waals surface area (Å²) < 4.78 is 5.73. The van der Waals surface area contributed by atoms with E-state index in [-0.39, 0.29) is 11.3 Å². The molecule has 0 aliphatic heterocycles. The molecule has 2 N–H and O–H groups in total. The van der Waals surface area contributed by atoms with E-state index < -0.39 is 11.7 Å². The van der Waals surface area contributed by atoms with Gasteiger partial charge in [0.05, 0.1) is 12.7 Å². The van der Waals surface area contributed by atoms with Crippen LogP contribution in [0.25, 0.3) is 0 Å². The molecule has 0 aromatic heterocycles. The Bertz CT molecular complexity index is 328. The fourth-order valence-corrected chi connectivity index (χ4v) is 4.39. The van der Waals surface area contributed by atoms with Gasteiger partial charge in [-0.3, -0.25) is 0 Å². The molecule has 0 radical (unpaired) electrons. The Labute approximate surface area is 130 Å². The van der Waals surface area contributed by atoms with Gasteiger partial charge in [-0.25, -0.2) is 0 Å². The molecule has 0 amide bonds. The van der Waals surface area contributed by atoms with Gasteiger partial charge in [-0.15, -0.1) is 0 Å². The first-order valence-corrected chi connectivity index (χ1v) is 8.91. The van der Waals surface area contributed by atoms with Gasteiger partial charge in [0.1, 0.15) is 5.60 Å². The maximum Gasteiger partial charge on any atom is 0.117 e. The number of rotatable bonds is 9. The van der Waals surface area contributed by atoms with E-state index in [2.05, 4.69) is 20.8 Å². The lowest BCUT2D eigenvalue weighted by molar-refractivity contribution is -0.269. The number of aliphatic hydroxyl groups excluding tert-OH is 1. The Morgan fingerprint density at radius 2 is 1.71 bits per heavy atom. The maximum atomic E-state index is 10.9. The molecular formula is C18H34O3. The summed E-state index contributed by atoms with van der Waals surface area (Å²) in [6, 6.07) is 0. The molecule has 3 nitrogen and oxygen atoms in total. The van der Waals surface area contributed by atoms with Gasteiger partial charge in [0.2, 0.25) is 0 Å². The van der Waals surface area contributed by atoms with Gasteiger partial charge in [-0.1, -0.05) is 52.9 Å². The second-order valence-corrected chi connectivity index (χ2v) is 7.87. The van der Waals surface area contributed by atoms with Crippen molar-refractivity contribution in [3.8, 4) is 0 Å². The fraction of sp³-hybridized carbons (Fsp3) is 1.00. The summed E-state index contributed by atoms with van der Waals surface area (Å²) in [7, 11) is 0. The summed E-state index contributed by atoms with van der Waals surface area (Å²) in [5.74, 6) is 0.750. The van der Waals surface area contributed by atoms with E-state index in [1.165, 1.54) is 32.1 Å². The van der Waals surface area contributed by atoms with Crippen LogP contribution in [0.3, 0.4) is 0 Å². The normalized spacial score (nSPS) is 37.3. The van der Waals surface area contributed by atoms with E-state index in [0.717, 1.165) is 19.3 Å². The average Bonchev–Trinajstić information content (AvgIpc) is 2.44. The smallest absolute Gasteiger partial charge is 0.117 e. The molecule has 4 atom stereocenters. The lowest BCUT2D eigenvalue weighted by Crippen LogP contribution is -2.69. The van der Waals surface area contributed by atoms with E-state index in [9.17, 15) is 10.2 Å². The summed E-state index contributed by atoms with van der Waals surface area (Å²) in [6.07, 6.45) is 8.62. The second-order valence-electron chi connectivity index (χ2n) is 7.87. The zero-order valence-corrected chi connectivity index (χ0v) is 14.1. The second kappa shape index (κ2) is 6.97. The van der Waals surface area contributed by atoms with Crippen molar-refractivity contribution in [1.29, 1.82) is 0 Å². The van der Waals surface area contributed by atoms with Crippen LogP contribution in [0, 0.1) is 17.3 Å². The summed E-state index contributed by atoms with van der Waals surface area (Å²) in [6.45, 7) is 7.67. The summed E-state index contributed by atoms with van der Waals surface area (Å²) in [5.41, 5.74) is -0.877. The largest absolute Gasteiger partial charge is 0.390 e. The van der Waals surface area contributed by atoms with Gasteiger partial charge in [-0.2, -0.15) is 0 Å². The molecule has 124 valence electrons. The first kappa shape index (κ1) is 17.2. The van der Waals surface area contributed by atoms with Crippen LogP contribution in [0.2, 0.25) is 0 Å². The standard InChI is InChI=1S/C18H34O3/c1-4-5-6-7-8-9-10-21-13-18(20)15-11-14(12-16(18)19)17(15,2)3/h14-16,19-20H,4-13H2,1-3H3/t14-,15-,16+,18-/m1/s1. The van der Waals surface area contributed by atoms with Crippen molar-refractivity contribution in [3.05, 3.63) is 0 Å². The van der Waals surface area contributed by atoms with Crippen LogP contribution in [-0.2, 0) is 4.74 Å². The quantitative estimate of drug-likeness (QED) is 0.640. The molecule has 0 spiro atoms. The highest BCUT2D eigenvalue weighted by molar-refractivity contribution is 5.14. The van der Waals surface area contributed by atoms with Crippen LogP contribution in [0.15, 0.2) is 0 Å². The predicted octanol–water partition coefficient (Wildman–Crippen LogP) is 3.52. The summed E-state index contributed by atoms with van der Waals surface area (Å²) >= 11 is 0. The van der Waals surface area contributed by atoms with Crippen molar-refractivity contribution in [2.24, 2.45) is 17.3 Å². The zero-order valence-electron chi connectivity index (χ0n) is 14.1. The van der Waals surface area contributed by atoms with Crippen LogP contribution in [0.5, 0.6) is 0 Å². The number of hydrogen-bond acceptors (Lipinski definition) is 3. The van der Waals surface area contributed by atoms with E-state index in [0.29, 0.717) is 19.1 Å². The van der Waals surface area contributed by atoms with E-state index in [4.69, 9.17) is 4.74 Å². The van der Waals surface area contributed by atoms with Gasteiger partial charge in [-0.05, 0) is 36.5 Å². The molecule has 0 aromatic rings. The van der Waals surface area contributed by atoms with Gasteiger partial charge in [0.25, 0.3) is 0 Å². The SMILES string of the molecule is CCCCCCCCOC[C@@]1(O)[C@@H]2C[C@H](C[C@@H]1O)C2(C)C. The highest BCUT2D eigenvalue weighted by Gasteiger charge is 2.64.